The summed E-state index contributed by atoms with van der Waals surface area (Å²) in [5.41, 5.74) is -1.77. The molecule has 34 heavy (non-hydrogen) atoms. The van der Waals surface area contributed by atoms with Crippen molar-refractivity contribution in [2.75, 3.05) is 18.5 Å². The molecule has 1 aliphatic heterocycles. The molecule has 1 aromatic heterocycles. The van der Waals surface area contributed by atoms with Gasteiger partial charge < -0.3 is 19.7 Å². The van der Waals surface area contributed by atoms with Crippen LogP contribution in [0.25, 0.3) is 0 Å². The van der Waals surface area contributed by atoms with Crippen molar-refractivity contribution in [2.45, 2.75) is 51.4 Å². The molecule has 0 bridgehead atoms. The Bertz CT molecular complexity index is 1060. The van der Waals surface area contributed by atoms with Crippen LogP contribution in [0.15, 0.2) is 36.5 Å². The number of likely N-dealkylation sites (tertiary alicyclic amines) is 1. The zero-order valence-corrected chi connectivity index (χ0v) is 19.7. The van der Waals surface area contributed by atoms with Crippen molar-refractivity contribution in [3.8, 4) is 5.75 Å². The lowest BCUT2D eigenvalue weighted by molar-refractivity contribution is -0.137. The minimum atomic E-state index is -4.67. The van der Waals surface area contributed by atoms with E-state index >= 15 is 0 Å². The third-order valence-electron chi connectivity index (χ3n) is 4.94. The lowest BCUT2D eigenvalue weighted by atomic mass is 10.1. The van der Waals surface area contributed by atoms with Crippen molar-refractivity contribution in [1.29, 1.82) is 0 Å². The van der Waals surface area contributed by atoms with Crippen LogP contribution in [-0.4, -0.2) is 46.7 Å². The Kier molecular flexibility index (Phi) is 7.60. The van der Waals surface area contributed by atoms with Crippen molar-refractivity contribution in [3.05, 3.63) is 52.8 Å². The number of carbonyl (C=O) groups excluding carboxylic acids is 2. The summed E-state index contributed by atoms with van der Waals surface area (Å²) in [6.07, 6.45) is -2.42. The first kappa shape index (κ1) is 25.6. The number of nitrogens with zero attached hydrogens (tertiary/aromatic N) is 2. The third-order valence-corrected chi connectivity index (χ3v) is 5.24. The molecule has 0 radical (unpaired) electrons. The third kappa shape index (κ3) is 6.75. The van der Waals surface area contributed by atoms with Gasteiger partial charge in [0.05, 0.1) is 17.2 Å². The predicted molar refractivity (Wildman–Crippen MR) is 120 cm³/mol. The number of hydrogen-bond donors (Lipinski definition) is 1. The maximum atomic E-state index is 13.5. The average Bonchev–Trinajstić information content (AvgIpc) is 3.19. The van der Waals surface area contributed by atoms with Crippen LogP contribution in [0.1, 0.15) is 49.5 Å². The van der Waals surface area contributed by atoms with E-state index in [1.165, 1.54) is 29.3 Å². The minimum absolute atomic E-state index is 0.0167. The summed E-state index contributed by atoms with van der Waals surface area (Å²) in [6, 6.07) is 5.47. The summed E-state index contributed by atoms with van der Waals surface area (Å²) >= 11 is 5.90. The lowest BCUT2D eigenvalue weighted by Gasteiger charge is -2.28. The van der Waals surface area contributed by atoms with Crippen molar-refractivity contribution >= 4 is 29.3 Å². The Balaban J connectivity index is 1.77. The normalized spacial score (nSPS) is 16.3. The highest BCUT2D eigenvalue weighted by atomic mass is 35.5. The molecule has 0 spiro atoms. The molecule has 1 fully saturated rings. The van der Waals surface area contributed by atoms with Gasteiger partial charge in [-0.25, -0.2) is 9.78 Å². The molecule has 184 valence electrons. The molecule has 0 saturated carbocycles. The number of hydrogen-bond acceptors (Lipinski definition) is 5. The molecule has 11 heteroatoms. The highest BCUT2D eigenvalue weighted by molar-refractivity contribution is 6.33. The Hall–Kier alpha value is -3.01. The van der Waals surface area contributed by atoms with Gasteiger partial charge in [-0.3, -0.25) is 4.79 Å². The maximum absolute atomic E-state index is 13.5. The van der Waals surface area contributed by atoms with E-state index in [1.54, 1.807) is 20.8 Å². The molecule has 0 unspecified atom stereocenters. The van der Waals surface area contributed by atoms with E-state index in [9.17, 15) is 22.8 Å². The highest BCUT2D eigenvalue weighted by Crippen LogP contribution is 2.35. The SMILES string of the molecule is CC(C)(C)OC(=O)N1CCC[C@H]1COc1cc(NC(=O)c2cccnc2Cl)cc(C(F)(F)F)c1. The van der Waals surface area contributed by atoms with Crippen molar-refractivity contribution in [3.63, 3.8) is 0 Å². The van der Waals surface area contributed by atoms with E-state index in [1.807, 2.05) is 0 Å². The first-order valence-electron chi connectivity index (χ1n) is 10.6. The topological polar surface area (TPSA) is 80.8 Å². The Morgan fingerprint density at radius 3 is 2.62 bits per heavy atom. The summed E-state index contributed by atoms with van der Waals surface area (Å²) in [5.74, 6) is -0.811. The fourth-order valence-electron chi connectivity index (χ4n) is 3.43. The van der Waals surface area contributed by atoms with E-state index in [4.69, 9.17) is 21.1 Å². The molecule has 1 atom stereocenters. The van der Waals surface area contributed by atoms with Gasteiger partial charge in [0, 0.05) is 24.5 Å². The van der Waals surface area contributed by atoms with Crippen LogP contribution in [-0.2, 0) is 10.9 Å². The van der Waals surface area contributed by atoms with E-state index in [0.29, 0.717) is 13.0 Å². The number of ether oxygens (including phenoxy) is 2. The minimum Gasteiger partial charge on any atom is -0.491 e. The van der Waals surface area contributed by atoms with Gasteiger partial charge in [-0.2, -0.15) is 13.2 Å². The second kappa shape index (κ2) is 10.1. The number of carbonyl (C=O) groups is 2. The van der Waals surface area contributed by atoms with Gasteiger partial charge in [0.2, 0.25) is 0 Å². The quantitative estimate of drug-likeness (QED) is 0.527. The molecular weight excluding hydrogens is 475 g/mol. The summed E-state index contributed by atoms with van der Waals surface area (Å²) in [5, 5.41) is 2.33. The fourth-order valence-corrected chi connectivity index (χ4v) is 3.64. The number of halogens is 4. The van der Waals surface area contributed by atoms with Gasteiger partial charge in [-0.15, -0.1) is 0 Å². The number of pyridine rings is 1. The fraction of sp³-hybridized carbons (Fsp3) is 0.435. The summed E-state index contributed by atoms with van der Waals surface area (Å²) < 4.78 is 51.5. The molecule has 2 amide bonds. The van der Waals surface area contributed by atoms with Crippen molar-refractivity contribution in [1.82, 2.24) is 9.88 Å². The van der Waals surface area contributed by atoms with Gasteiger partial charge in [-0.05, 0) is 57.9 Å². The monoisotopic (exact) mass is 499 g/mol. The van der Waals surface area contributed by atoms with Crippen LogP contribution in [0.4, 0.5) is 23.7 Å². The number of aromatic nitrogens is 1. The molecule has 1 saturated heterocycles. The van der Waals surface area contributed by atoms with E-state index < -0.39 is 29.3 Å². The van der Waals surface area contributed by atoms with Gasteiger partial charge in [0.25, 0.3) is 5.91 Å². The number of anilines is 1. The summed E-state index contributed by atoms with van der Waals surface area (Å²) in [6.45, 7) is 5.71. The number of nitrogens with one attached hydrogen (secondary N) is 1. The van der Waals surface area contributed by atoms with Crippen LogP contribution in [0.2, 0.25) is 5.15 Å². The van der Waals surface area contributed by atoms with E-state index in [0.717, 1.165) is 18.6 Å². The summed E-state index contributed by atoms with van der Waals surface area (Å²) in [7, 11) is 0. The van der Waals surface area contributed by atoms with E-state index in [-0.39, 0.29) is 34.8 Å². The summed E-state index contributed by atoms with van der Waals surface area (Å²) in [4.78, 5) is 30.2. The Morgan fingerprint density at radius 2 is 1.97 bits per heavy atom. The standard InChI is InChI=1S/C23H25ClF3N3O4/c1-22(2,3)34-21(32)30-9-5-6-16(30)13-33-17-11-14(23(25,26)27)10-15(12-17)29-20(31)18-7-4-8-28-19(18)24/h4,7-8,10-12,16H,5-6,9,13H2,1-3H3,(H,29,31)/t16-/m0/s1. The van der Waals surface area contributed by atoms with Gasteiger partial charge >= 0.3 is 12.3 Å². The number of alkyl halides is 3. The molecule has 1 N–H and O–H groups in total. The number of benzene rings is 1. The second-order valence-corrected chi connectivity index (χ2v) is 9.18. The van der Waals surface area contributed by atoms with Crippen molar-refractivity contribution in [2.24, 2.45) is 0 Å². The average molecular weight is 500 g/mol. The van der Waals surface area contributed by atoms with Crippen LogP contribution < -0.4 is 10.1 Å². The van der Waals surface area contributed by atoms with Gasteiger partial charge in [0.15, 0.2) is 0 Å². The molecule has 2 heterocycles. The van der Waals surface area contributed by atoms with Crippen LogP contribution >= 0.6 is 11.6 Å². The zero-order valence-electron chi connectivity index (χ0n) is 18.9. The largest absolute Gasteiger partial charge is 0.491 e. The molecule has 3 rings (SSSR count). The molecule has 1 aromatic carbocycles. The molecule has 2 aromatic rings. The molecule has 7 nitrogen and oxygen atoms in total. The first-order chi connectivity index (χ1) is 15.8. The molecule has 0 aliphatic carbocycles. The number of amides is 2. The molecule has 1 aliphatic rings. The Labute approximate surface area is 200 Å². The Morgan fingerprint density at radius 1 is 1.24 bits per heavy atom. The predicted octanol–water partition coefficient (Wildman–Crippen LogP) is 5.78. The van der Waals surface area contributed by atoms with Crippen LogP contribution in [0.3, 0.4) is 0 Å². The van der Waals surface area contributed by atoms with Crippen molar-refractivity contribution < 1.29 is 32.2 Å². The lowest BCUT2D eigenvalue weighted by Crippen LogP contribution is -2.42. The van der Waals surface area contributed by atoms with Crippen LogP contribution in [0.5, 0.6) is 5.75 Å². The van der Waals surface area contributed by atoms with E-state index in [2.05, 4.69) is 10.3 Å². The highest BCUT2D eigenvalue weighted by Gasteiger charge is 2.34. The van der Waals surface area contributed by atoms with Crippen LogP contribution in [0, 0.1) is 0 Å². The smallest absolute Gasteiger partial charge is 0.416 e. The maximum Gasteiger partial charge on any atom is 0.416 e. The molecular formula is C23H25ClF3N3O4. The zero-order chi connectivity index (χ0) is 25.1. The van der Waals surface area contributed by atoms with Gasteiger partial charge in [-0.1, -0.05) is 11.6 Å². The van der Waals surface area contributed by atoms with Gasteiger partial charge in [0.1, 0.15) is 23.1 Å². The first-order valence-corrected chi connectivity index (χ1v) is 11.0. The number of rotatable bonds is 5. The second-order valence-electron chi connectivity index (χ2n) is 8.82.